The minimum Gasteiger partial charge on any atom is -0.462 e. The molecule has 1 aromatic rings. The molecule has 0 bridgehead atoms. The number of halogens is 1. The number of hydrogen-bond acceptors (Lipinski definition) is 4. The van der Waals surface area contributed by atoms with Crippen molar-refractivity contribution < 1.29 is 9.53 Å². The van der Waals surface area contributed by atoms with E-state index in [9.17, 15) is 4.79 Å². The van der Waals surface area contributed by atoms with Crippen molar-refractivity contribution in [3.63, 3.8) is 0 Å². The van der Waals surface area contributed by atoms with Gasteiger partial charge in [-0.3, -0.25) is 0 Å². The van der Waals surface area contributed by atoms with Gasteiger partial charge in [-0.2, -0.15) is 0 Å². The van der Waals surface area contributed by atoms with Gasteiger partial charge in [-0.1, -0.05) is 0 Å². The molecule has 0 spiro atoms. The zero-order chi connectivity index (χ0) is 10.1. The fraction of sp³-hybridized carbons (Fsp3) is 0.500. The summed E-state index contributed by atoms with van der Waals surface area (Å²) in [5.74, 6) is 0.274. The average molecular weight is 248 g/mol. The van der Waals surface area contributed by atoms with Gasteiger partial charge in [0.2, 0.25) is 0 Å². The van der Waals surface area contributed by atoms with Crippen LogP contribution in [0.1, 0.15) is 41.6 Å². The molecule has 2 rings (SSSR count). The Bertz CT molecular complexity index is 360. The van der Waals surface area contributed by atoms with Gasteiger partial charge in [-0.25, -0.2) is 4.79 Å². The molecule has 15 heavy (non-hydrogen) atoms. The molecule has 1 saturated carbocycles. The highest BCUT2D eigenvalue weighted by atomic mass is 35.5. The average Bonchev–Trinajstić information content (AvgIpc) is 2.90. The van der Waals surface area contributed by atoms with Crippen molar-refractivity contribution in [3.8, 4) is 0 Å². The molecule has 0 unspecified atom stereocenters. The monoisotopic (exact) mass is 247 g/mol. The quantitative estimate of drug-likeness (QED) is 0.836. The van der Waals surface area contributed by atoms with Gasteiger partial charge in [0.15, 0.2) is 0 Å². The second kappa shape index (κ2) is 4.86. The third kappa shape index (κ3) is 2.44. The number of anilines is 1. The van der Waals surface area contributed by atoms with E-state index in [0.717, 1.165) is 5.56 Å². The summed E-state index contributed by atoms with van der Waals surface area (Å²) in [4.78, 5) is 11.6. The number of esters is 1. The van der Waals surface area contributed by atoms with Gasteiger partial charge in [0, 0.05) is 0 Å². The molecule has 2 N–H and O–H groups in total. The van der Waals surface area contributed by atoms with Gasteiger partial charge in [0.1, 0.15) is 5.00 Å². The van der Waals surface area contributed by atoms with Crippen LogP contribution in [0.4, 0.5) is 5.00 Å². The van der Waals surface area contributed by atoms with Crippen molar-refractivity contribution in [2.75, 3.05) is 12.3 Å². The van der Waals surface area contributed by atoms with Crippen LogP contribution in [0, 0.1) is 0 Å². The molecule has 0 atom stereocenters. The van der Waals surface area contributed by atoms with E-state index < -0.39 is 0 Å². The van der Waals surface area contributed by atoms with Crippen LogP contribution < -0.4 is 5.73 Å². The summed E-state index contributed by atoms with van der Waals surface area (Å²) in [5, 5.41) is 2.57. The predicted molar refractivity (Wildman–Crippen MR) is 63.9 cm³/mol. The lowest BCUT2D eigenvalue weighted by Gasteiger charge is -2.03. The maximum Gasteiger partial charge on any atom is 0.341 e. The summed E-state index contributed by atoms with van der Waals surface area (Å²) in [6.07, 6.45) is 2.34. The first kappa shape index (κ1) is 12.3. The number of carbonyl (C=O) groups is 1. The van der Waals surface area contributed by atoms with Crippen LogP contribution in [0.5, 0.6) is 0 Å². The van der Waals surface area contributed by atoms with E-state index in [1.807, 2.05) is 5.38 Å². The maximum absolute atomic E-state index is 11.6. The molecule has 0 aliphatic heterocycles. The first-order valence-electron chi connectivity index (χ1n) is 4.78. The Labute approximate surface area is 99.0 Å². The van der Waals surface area contributed by atoms with Crippen LogP contribution in [0.15, 0.2) is 5.38 Å². The lowest BCUT2D eigenvalue weighted by atomic mass is 10.1. The normalized spacial score (nSPS) is 14.5. The van der Waals surface area contributed by atoms with E-state index in [0.29, 0.717) is 23.1 Å². The van der Waals surface area contributed by atoms with Crippen LogP contribution in [0.25, 0.3) is 0 Å². The summed E-state index contributed by atoms with van der Waals surface area (Å²) < 4.78 is 4.97. The van der Waals surface area contributed by atoms with Crippen LogP contribution in [0.2, 0.25) is 0 Å². The zero-order valence-corrected chi connectivity index (χ0v) is 10.1. The first-order chi connectivity index (χ1) is 6.74. The standard InChI is InChI=1S/C10H13NO2S.ClH/c1-2-13-10(12)8-7(6-3-4-6)5-14-9(8)11;/h5-6H,2-4,11H2,1H3;1H. The minimum absolute atomic E-state index is 0. The number of thiophene rings is 1. The number of hydrogen-bond donors (Lipinski definition) is 1. The van der Waals surface area contributed by atoms with Gasteiger partial charge in [-0.15, -0.1) is 23.7 Å². The van der Waals surface area contributed by atoms with Crippen LogP contribution in [-0.2, 0) is 4.74 Å². The summed E-state index contributed by atoms with van der Waals surface area (Å²) in [5.41, 5.74) is 7.46. The fourth-order valence-electron chi connectivity index (χ4n) is 1.50. The predicted octanol–water partition coefficient (Wildman–Crippen LogP) is 2.81. The largest absolute Gasteiger partial charge is 0.462 e. The highest BCUT2D eigenvalue weighted by Gasteiger charge is 2.31. The molecule has 0 amide bonds. The highest BCUT2D eigenvalue weighted by Crippen LogP contribution is 2.45. The molecule has 1 aliphatic carbocycles. The van der Waals surface area contributed by atoms with Crippen molar-refractivity contribution in [2.24, 2.45) is 0 Å². The molecular weight excluding hydrogens is 234 g/mol. The van der Waals surface area contributed by atoms with Crippen LogP contribution in [-0.4, -0.2) is 12.6 Å². The second-order valence-corrected chi connectivity index (χ2v) is 4.34. The molecule has 1 heterocycles. The summed E-state index contributed by atoms with van der Waals surface area (Å²) in [7, 11) is 0. The SMILES string of the molecule is CCOC(=O)c1c(C2CC2)csc1N.Cl. The van der Waals surface area contributed by atoms with Gasteiger partial charge >= 0.3 is 5.97 Å². The number of nitrogens with two attached hydrogens (primary N) is 1. The maximum atomic E-state index is 11.6. The molecule has 1 aromatic heterocycles. The van der Waals surface area contributed by atoms with Crippen molar-refractivity contribution in [1.29, 1.82) is 0 Å². The van der Waals surface area contributed by atoms with Gasteiger partial charge in [0.25, 0.3) is 0 Å². The lowest BCUT2D eigenvalue weighted by molar-refractivity contribution is 0.0527. The Balaban J connectivity index is 0.00000112. The Hall–Kier alpha value is -0.740. The molecule has 5 heteroatoms. The summed E-state index contributed by atoms with van der Waals surface area (Å²) >= 11 is 1.43. The smallest absolute Gasteiger partial charge is 0.341 e. The molecule has 84 valence electrons. The molecule has 0 saturated heterocycles. The zero-order valence-electron chi connectivity index (χ0n) is 8.49. The highest BCUT2D eigenvalue weighted by molar-refractivity contribution is 7.14. The second-order valence-electron chi connectivity index (χ2n) is 3.43. The lowest BCUT2D eigenvalue weighted by Crippen LogP contribution is -2.08. The Morgan fingerprint density at radius 3 is 2.87 bits per heavy atom. The van der Waals surface area contributed by atoms with E-state index >= 15 is 0 Å². The molecule has 1 aliphatic rings. The third-order valence-electron chi connectivity index (χ3n) is 2.34. The number of carbonyl (C=O) groups excluding carboxylic acids is 1. The topological polar surface area (TPSA) is 52.3 Å². The molecular formula is C10H14ClNO2S. The van der Waals surface area contributed by atoms with E-state index in [1.54, 1.807) is 6.92 Å². The summed E-state index contributed by atoms with van der Waals surface area (Å²) in [6, 6.07) is 0. The van der Waals surface area contributed by atoms with Crippen molar-refractivity contribution in [1.82, 2.24) is 0 Å². The minimum atomic E-state index is -0.270. The number of rotatable bonds is 3. The van der Waals surface area contributed by atoms with E-state index in [1.165, 1.54) is 24.2 Å². The van der Waals surface area contributed by atoms with Crippen molar-refractivity contribution in [3.05, 3.63) is 16.5 Å². The fourth-order valence-corrected chi connectivity index (χ4v) is 2.39. The van der Waals surface area contributed by atoms with Crippen molar-refractivity contribution in [2.45, 2.75) is 25.7 Å². The van der Waals surface area contributed by atoms with E-state index in [4.69, 9.17) is 10.5 Å². The Kier molecular flexibility index (Phi) is 3.99. The molecule has 0 aromatic carbocycles. The molecule has 0 radical (unpaired) electrons. The number of nitrogen functional groups attached to an aromatic ring is 1. The van der Waals surface area contributed by atoms with Gasteiger partial charge in [-0.05, 0) is 36.6 Å². The van der Waals surface area contributed by atoms with E-state index in [2.05, 4.69) is 0 Å². The molecule has 1 fully saturated rings. The number of ether oxygens (including phenoxy) is 1. The summed E-state index contributed by atoms with van der Waals surface area (Å²) in [6.45, 7) is 2.20. The van der Waals surface area contributed by atoms with Gasteiger partial charge in [0.05, 0.1) is 12.2 Å². The van der Waals surface area contributed by atoms with E-state index in [-0.39, 0.29) is 18.4 Å². The third-order valence-corrected chi connectivity index (χ3v) is 3.17. The van der Waals surface area contributed by atoms with Crippen molar-refractivity contribution >= 4 is 34.7 Å². The first-order valence-corrected chi connectivity index (χ1v) is 5.66. The Morgan fingerprint density at radius 2 is 2.33 bits per heavy atom. The van der Waals surface area contributed by atoms with Crippen LogP contribution >= 0.6 is 23.7 Å². The molecule has 3 nitrogen and oxygen atoms in total. The Morgan fingerprint density at radius 1 is 1.67 bits per heavy atom. The van der Waals surface area contributed by atoms with Gasteiger partial charge < -0.3 is 10.5 Å². The van der Waals surface area contributed by atoms with Crippen LogP contribution in [0.3, 0.4) is 0 Å².